The molecule has 0 atom stereocenters. The Morgan fingerprint density at radius 2 is 1.95 bits per heavy atom. The lowest BCUT2D eigenvalue weighted by Gasteiger charge is -2.29. The number of rotatable bonds is 4. The van der Waals surface area contributed by atoms with Crippen LogP contribution < -0.4 is 16.8 Å². The van der Waals surface area contributed by atoms with Crippen LogP contribution in [0.4, 0.5) is 10.7 Å². The van der Waals surface area contributed by atoms with Gasteiger partial charge in [-0.05, 0) is 33.0 Å². The summed E-state index contributed by atoms with van der Waals surface area (Å²) in [6.07, 6.45) is 2.89. The van der Waals surface area contributed by atoms with Crippen LogP contribution in [0.3, 0.4) is 0 Å². The van der Waals surface area contributed by atoms with Gasteiger partial charge in [-0.2, -0.15) is 0 Å². The maximum Gasteiger partial charge on any atom is 0.261 e. The first-order valence-electron chi connectivity index (χ1n) is 6.57. The average Bonchev–Trinajstić information content (AvgIpc) is 2.69. The van der Waals surface area contributed by atoms with Crippen molar-refractivity contribution in [1.82, 2.24) is 4.90 Å². The molecule has 0 aliphatic carbocycles. The predicted octanol–water partition coefficient (Wildman–Crippen LogP) is 0.339. The lowest BCUT2D eigenvalue weighted by molar-refractivity contribution is 0.100. The fraction of sp³-hybridized carbons (Fsp3) is 0.583. The molecule has 1 aliphatic heterocycles. The van der Waals surface area contributed by atoms with Crippen molar-refractivity contribution in [2.75, 3.05) is 37.4 Å². The highest BCUT2D eigenvalue weighted by molar-refractivity contribution is 7.91. The van der Waals surface area contributed by atoms with Gasteiger partial charge < -0.3 is 21.7 Å². The van der Waals surface area contributed by atoms with Crippen LogP contribution in [0.1, 0.15) is 22.5 Å². The van der Waals surface area contributed by atoms with E-state index in [-0.39, 0.29) is 21.5 Å². The Kier molecular flexibility index (Phi) is 4.45. The Balaban J connectivity index is 2.34. The van der Waals surface area contributed by atoms with Crippen LogP contribution in [0, 0.1) is 0 Å². The smallest absolute Gasteiger partial charge is 0.261 e. The van der Waals surface area contributed by atoms with Gasteiger partial charge in [0.1, 0.15) is 14.8 Å². The van der Waals surface area contributed by atoms with Crippen molar-refractivity contribution in [2.45, 2.75) is 23.8 Å². The molecule has 0 radical (unpaired) electrons. The Morgan fingerprint density at radius 1 is 1.38 bits per heavy atom. The van der Waals surface area contributed by atoms with E-state index in [1.807, 2.05) is 7.05 Å². The van der Waals surface area contributed by atoms with Crippen molar-refractivity contribution in [3.8, 4) is 0 Å². The zero-order valence-electron chi connectivity index (χ0n) is 12.0. The Hall–Kier alpha value is -1.32. The van der Waals surface area contributed by atoms with Crippen LogP contribution in [0.5, 0.6) is 0 Å². The number of thiophene rings is 1. The molecule has 9 heteroatoms. The monoisotopic (exact) mass is 332 g/mol. The molecule has 1 fully saturated rings. The Morgan fingerprint density at radius 3 is 2.43 bits per heavy atom. The molecule has 118 valence electrons. The molecule has 0 bridgehead atoms. The largest absolute Gasteiger partial charge is 0.396 e. The van der Waals surface area contributed by atoms with E-state index in [9.17, 15) is 13.2 Å². The maximum atomic E-state index is 11.9. The summed E-state index contributed by atoms with van der Waals surface area (Å²) in [6, 6.07) is 0.167. The summed E-state index contributed by atoms with van der Waals surface area (Å²) in [7, 11) is -1.49. The summed E-state index contributed by atoms with van der Waals surface area (Å²) in [5.74, 6) is -0.709. The number of hydrogen-bond donors (Lipinski definition) is 3. The number of primary amides is 1. The molecule has 21 heavy (non-hydrogen) atoms. The molecule has 1 saturated heterocycles. The van der Waals surface area contributed by atoms with Gasteiger partial charge in [-0.25, -0.2) is 8.42 Å². The summed E-state index contributed by atoms with van der Waals surface area (Å²) >= 11 is 1.01. The fourth-order valence-electron chi connectivity index (χ4n) is 2.41. The van der Waals surface area contributed by atoms with Gasteiger partial charge in [-0.3, -0.25) is 4.79 Å². The van der Waals surface area contributed by atoms with E-state index in [2.05, 4.69) is 10.2 Å². The van der Waals surface area contributed by atoms with Crippen molar-refractivity contribution in [3.63, 3.8) is 0 Å². The molecule has 1 aromatic rings. The number of hydrogen-bond acceptors (Lipinski definition) is 7. The zero-order valence-corrected chi connectivity index (χ0v) is 13.7. The first-order valence-corrected chi connectivity index (χ1v) is 9.28. The second-order valence-corrected chi connectivity index (χ2v) is 8.33. The molecular weight excluding hydrogens is 312 g/mol. The van der Waals surface area contributed by atoms with Crippen LogP contribution in [-0.2, 0) is 9.84 Å². The highest BCUT2D eigenvalue weighted by Gasteiger charge is 2.28. The number of piperidine rings is 1. The number of carbonyl (C=O) groups excluding carboxylic acids is 1. The first kappa shape index (κ1) is 16.1. The molecule has 0 aromatic carbocycles. The number of carbonyl (C=O) groups is 1. The second-order valence-electron chi connectivity index (χ2n) is 5.36. The van der Waals surface area contributed by atoms with Crippen molar-refractivity contribution in [3.05, 3.63) is 4.88 Å². The highest BCUT2D eigenvalue weighted by Crippen LogP contribution is 2.39. The standard InChI is InChI=1S/C12H20N4O3S2/c1-16-5-3-7(4-6-16)15-12-10(21(2,18)19)8(13)9(20-12)11(14)17/h7,15H,3-6,13H2,1-2H3,(H2,14,17). The van der Waals surface area contributed by atoms with E-state index in [0.717, 1.165) is 43.5 Å². The third-order valence-electron chi connectivity index (χ3n) is 3.55. The molecule has 1 aromatic heterocycles. The van der Waals surface area contributed by atoms with Gasteiger partial charge in [0.2, 0.25) is 0 Å². The number of sulfone groups is 1. The van der Waals surface area contributed by atoms with E-state index in [1.54, 1.807) is 0 Å². The van der Waals surface area contributed by atoms with Crippen LogP contribution in [0.2, 0.25) is 0 Å². The average molecular weight is 332 g/mol. The number of likely N-dealkylation sites (tertiary alicyclic amines) is 1. The summed E-state index contributed by atoms with van der Waals surface area (Å²) in [5.41, 5.74) is 11.0. The minimum absolute atomic E-state index is 0.0137. The summed E-state index contributed by atoms with van der Waals surface area (Å²) in [5, 5.41) is 3.63. The molecule has 0 unspecified atom stereocenters. The molecule has 2 rings (SSSR count). The topological polar surface area (TPSA) is 119 Å². The first-order chi connectivity index (χ1) is 9.70. The summed E-state index contributed by atoms with van der Waals surface area (Å²) in [6.45, 7) is 1.88. The van der Waals surface area contributed by atoms with Gasteiger partial charge in [0, 0.05) is 12.3 Å². The predicted molar refractivity (Wildman–Crippen MR) is 84.5 cm³/mol. The number of anilines is 2. The number of amides is 1. The summed E-state index contributed by atoms with van der Waals surface area (Å²) in [4.78, 5) is 13.7. The molecular formula is C12H20N4O3S2. The van der Waals surface area contributed by atoms with Crippen LogP contribution >= 0.6 is 11.3 Å². The van der Waals surface area contributed by atoms with E-state index in [0.29, 0.717) is 5.00 Å². The van der Waals surface area contributed by atoms with Crippen LogP contribution in [0.15, 0.2) is 4.90 Å². The zero-order chi connectivity index (χ0) is 15.8. The van der Waals surface area contributed by atoms with E-state index < -0.39 is 15.7 Å². The maximum absolute atomic E-state index is 11.9. The molecule has 5 N–H and O–H groups in total. The number of nitrogen functional groups attached to an aromatic ring is 1. The highest BCUT2D eigenvalue weighted by atomic mass is 32.2. The van der Waals surface area contributed by atoms with Gasteiger partial charge in [-0.1, -0.05) is 0 Å². The lowest BCUT2D eigenvalue weighted by Crippen LogP contribution is -2.36. The molecule has 2 heterocycles. The van der Waals surface area contributed by atoms with Crippen molar-refractivity contribution < 1.29 is 13.2 Å². The Bertz CT molecular complexity index is 646. The van der Waals surface area contributed by atoms with Gasteiger partial charge in [0.15, 0.2) is 9.84 Å². The Labute approximate surface area is 128 Å². The third kappa shape index (κ3) is 3.47. The third-order valence-corrected chi connectivity index (χ3v) is 5.99. The van der Waals surface area contributed by atoms with E-state index in [4.69, 9.17) is 11.5 Å². The van der Waals surface area contributed by atoms with Crippen LogP contribution in [0.25, 0.3) is 0 Å². The second kappa shape index (κ2) is 5.82. The number of nitrogens with zero attached hydrogens (tertiary/aromatic N) is 1. The van der Waals surface area contributed by atoms with Gasteiger partial charge >= 0.3 is 0 Å². The minimum Gasteiger partial charge on any atom is -0.396 e. The fourth-order valence-corrected chi connectivity index (χ4v) is 4.90. The number of nitrogens with two attached hydrogens (primary N) is 2. The molecule has 0 spiro atoms. The van der Waals surface area contributed by atoms with Crippen molar-refractivity contribution in [2.24, 2.45) is 5.73 Å². The molecule has 1 amide bonds. The molecule has 7 nitrogen and oxygen atoms in total. The normalized spacial score (nSPS) is 17.8. The van der Waals surface area contributed by atoms with Crippen molar-refractivity contribution in [1.29, 1.82) is 0 Å². The number of nitrogens with one attached hydrogen (secondary N) is 1. The molecule has 1 aliphatic rings. The SMILES string of the molecule is CN1CCC(Nc2sc(C(N)=O)c(N)c2S(C)(=O)=O)CC1. The van der Waals surface area contributed by atoms with E-state index >= 15 is 0 Å². The van der Waals surface area contributed by atoms with Crippen molar-refractivity contribution >= 4 is 37.8 Å². The van der Waals surface area contributed by atoms with Gasteiger partial charge in [0.25, 0.3) is 5.91 Å². The van der Waals surface area contributed by atoms with Gasteiger partial charge in [0.05, 0.1) is 5.69 Å². The van der Waals surface area contributed by atoms with Gasteiger partial charge in [-0.15, -0.1) is 11.3 Å². The van der Waals surface area contributed by atoms with Crippen LogP contribution in [-0.4, -0.2) is 51.7 Å². The summed E-state index contributed by atoms with van der Waals surface area (Å²) < 4.78 is 23.9. The lowest BCUT2D eigenvalue weighted by atomic mass is 10.1. The quantitative estimate of drug-likeness (QED) is 0.731. The molecule has 0 saturated carbocycles. The minimum atomic E-state index is -3.53. The van der Waals surface area contributed by atoms with E-state index in [1.165, 1.54) is 0 Å².